The van der Waals surface area contributed by atoms with E-state index in [2.05, 4.69) is 10.2 Å². The van der Waals surface area contributed by atoms with E-state index >= 15 is 0 Å². The van der Waals surface area contributed by atoms with E-state index in [9.17, 15) is 27.6 Å². The van der Waals surface area contributed by atoms with E-state index in [1.54, 1.807) is 12.1 Å². The van der Waals surface area contributed by atoms with Crippen LogP contribution in [0.2, 0.25) is 0 Å². The van der Waals surface area contributed by atoms with Crippen LogP contribution in [0.5, 0.6) is 0 Å². The number of halogens is 4. The summed E-state index contributed by atoms with van der Waals surface area (Å²) >= 11 is 0. The van der Waals surface area contributed by atoms with Crippen molar-refractivity contribution in [2.24, 2.45) is 0 Å². The highest BCUT2D eigenvalue weighted by Crippen LogP contribution is 2.31. The van der Waals surface area contributed by atoms with Crippen LogP contribution < -0.4 is 10.2 Å². The lowest BCUT2D eigenvalue weighted by Crippen LogP contribution is -2.29. The molecule has 1 saturated heterocycles. The quantitative estimate of drug-likeness (QED) is 0.413. The molecule has 156 valence electrons. The average Bonchev–Trinajstić information content (AvgIpc) is 2.73. The first-order valence-corrected chi connectivity index (χ1v) is 9.43. The van der Waals surface area contributed by atoms with Gasteiger partial charge in [-0.2, -0.15) is 18.4 Å². The van der Waals surface area contributed by atoms with E-state index in [0.717, 1.165) is 62.3 Å². The fourth-order valence-corrected chi connectivity index (χ4v) is 3.26. The number of benzene rings is 2. The van der Waals surface area contributed by atoms with Crippen molar-refractivity contribution < 1.29 is 22.4 Å². The molecule has 0 radical (unpaired) electrons. The molecule has 8 heteroatoms. The van der Waals surface area contributed by atoms with Gasteiger partial charge in [-0.05, 0) is 61.7 Å². The molecule has 0 bridgehead atoms. The zero-order valence-electron chi connectivity index (χ0n) is 16.0. The molecule has 3 rings (SSSR count). The number of anilines is 2. The topological polar surface area (TPSA) is 56.1 Å². The highest BCUT2D eigenvalue weighted by Gasteiger charge is 2.30. The molecule has 0 spiro atoms. The Morgan fingerprint density at radius 2 is 1.83 bits per heavy atom. The summed E-state index contributed by atoms with van der Waals surface area (Å²) in [6.45, 7) is 1.69. The zero-order valence-corrected chi connectivity index (χ0v) is 16.0. The number of hydrogen-bond acceptors (Lipinski definition) is 3. The zero-order chi connectivity index (χ0) is 21.7. The number of nitriles is 1. The smallest absolute Gasteiger partial charge is 0.371 e. The van der Waals surface area contributed by atoms with Crippen molar-refractivity contribution in [3.05, 3.63) is 65.0 Å². The number of hydrogen-bond donors (Lipinski definition) is 1. The molecule has 1 aliphatic rings. The van der Waals surface area contributed by atoms with E-state index in [1.165, 1.54) is 18.2 Å². The largest absolute Gasteiger partial charge is 0.416 e. The van der Waals surface area contributed by atoms with Gasteiger partial charge in [-0.25, -0.2) is 4.39 Å². The third-order valence-electron chi connectivity index (χ3n) is 4.82. The first-order chi connectivity index (χ1) is 14.3. The second kappa shape index (κ2) is 8.99. The summed E-state index contributed by atoms with van der Waals surface area (Å²) in [7, 11) is 0. The number of rotatable bonds is 4. The molecule has 1 fully saturated rings. The van der Waals surface area contributed by atoms with Crippen molar-refractivity contribution in [3.8, 4) is 6.07 Å². The standard InChI is InChI=1S/C22H19F4N3O/c23-20-13-19(29-9-2-1-3-10-29)8-7-15(20)11-16(14-27)21(30)28-18-6-4-5-17(12-18)22(24,25)26/h4-8,11-13H,1-3,9-10H2,(H,28,30)/b16-11-. The van der Waals surface area contributed by atoms with Crippen LogP contribution in [0, 0.1) is 17.1 Å². The van der Waals surface area contributed by atoms with Gasteiger partial charge in [-0.15, -0.1) is 0 Å². The lowest BCUT2D eigenvalue weighted by atomic mass is 10.1. The van der Waals surface area contributed by atoms with Crippen LogP contribution in [0.15, 0.2) is 48.0 Å². The van der Waals surface area contributed by atoms with Crippen LogP contribution in [-0.2, 0) is 11.0 Å². The van der Waals surface area contributed by atoms with Crippen molar-refractivity contribution in [1.29, 1.82) is 5.26 Å². The Labute approximate surface area is 171 Å². The number of nitrogens with zero attached hydrogens (tertiary/aromatic N) is 2. The number of carbonyl (C=O) groups is 1. The summed E-state index contributed by atoms with van der Waals surface area (Å²) in [5.41, 5.74) is -0.682. The van der Waals surface area contributed by atoms with E-state index in [0.29, 0.717) is 0 Å². The summed E-state index contributed by atoms with van der Waals surface area (Å²) in [5.74, 6) is -1.51. The summed E-state index contributed by atoms with van der Waals surface area (Å²) in [4.78, 5) is 14.4. The second-order valence-electron chi connectivity index (χ2n) is 6.96. The number of piperidine rings is 1. The second-order valence-corrected chi connectivity index (χ2v) is 6.96. The molecule has 0 unspecified atom stereocenters. The Morgan fingerprint density at radius 1 is 1.10 bits per heavy atom. The molecule has 0 aromatic heterocycles. The van der Waals surface area contributed by atoms with Gasteiger partial charge < -0.3 is 10.2 Å². The molecule has 30 heavy (non-hydrogen) atoms. The van der Waals surface area contributed by atoms with Crippen molar-refractivity contribution in [2.75, 3.05) is 23.3 Å². The molecular formula is C22H19F4N3O. The molecule has 2 aromatic carbocycles. The fourth-order valence-electron chi connectivity index (χ4n) is 3.26. The Balaban J connectivity index is 1.78. The highest BCUT2D eigenvalue weighted by atomic mass is 19.4. The molecule has 1 heterocycles. The minimum Gasteiger partial charge on any atom is -0.371 e. The predicted octanol–water partition coefficient (Wildman–Crippen LogP) is 5.38. The number of amides is 1. The van der Waals surface area contributed by atoms with Crippen molar-refractivity contribution in [1.82, 2.24) is 0 Å². The van der Waals surface area contributed by atoms with Crippen LogP contribution in [0.3, 0.4) is 0 Å². The first kappa shape index (κ1) is 21.4. The monoisotopic (exact) mass is 417 g/mol. The van der Waals surface area contributed by atoms with Gasteiger partial charge in [0, 0.05) is 30.0 Å². The van der Waals surface area contributed by atoms with Crippen LogP contribution in [-0.4, -0.2) is 19.0 Å². The van der Waals surface area contributed by atoms with Gasteiger partial charge in [-0.1, -0.05) is 6.07 Å². The van der Waals surface area contributed by atoms with Gasteiger partial charge in [-0.3, -0.25) is 4.79 Å². The van der Waals surface area contributed by atoms with Crippen molar-refractivity contribution in [2.45, 2.75) is 25.4 Å². The minimum atomic E-state index is -4.56. The average molecular weight is 417 g/mol. The van der Waals surface area contributed by atoms with Crippen molar-refractivity contribution in [3.63, 3.8) is 0 Å². The minimum absolute atomic E-state index is 0.0477. The molecule has 0 aliphatic carbocycles. The molecule has 1 N–H and O–H groups in total. The molecule has 0 atom stereocenters. The van der Waals surface area contributed by atoms with Crippen molar-refractivity contribution >= 4 is 23.4 Å². The summed E-state index contributed by atoms with van der Waals surface area (Å²) in [6.07, 6.45) is -0.256. The van der Waals surface area contributed by atoms with Gasteiger partial charge >= 0.3 is 6.18 Å². The lowest BCUT2D eigenvalue weighted by Gasteiger charge is -2.28. The summed E-state index contributed by atoms with van der Waals surface area (Å²) in [5, 5.41) is 11.5. The molecular weight excluding hydrogens is 398 g/mol. The number of carbonyl (C=O) groups excluding carboxylic acids is 1. The highest BCUT2D eigenvalue weighted by molar-refractivity contribution is 6.09. The molecule has 1 amide bonds. The maximum atomic E-state index is 14.5. The first-order valence-electron chi connectivity index (χ1n) is 9.43. The molecule has 1 aliphatic heterocycles. The Morgan fingerprint density at radius 3 is 2.47 bits per heavy atom. The van der Waals surface area contributed by atoms with Gasteiger partial charge in [0.2, 0.25) is 0 Å². The molecule has 4 nitrogen and oxygen atoms in total. The van der Waals surface area contributed by atoms with Gasteiger partial charge in [0.1, 0.15) is 17.5 Å². The van der Waals surface area contributed by atoms with E-state index in [4.69, 9.17) is 0 Å². The fraction of sp³-hybridized carbons (Fsp3) is 0.273. The van der Waals surface area contributed by atoms with Crippen LogP contribution in [0.4, 0.5) is 28.9 Å². The van der Waals surface area contributed by atoms with Gasteiger partial charge in [0.15, 0.2) is 0 Å². The molecule has 2 aromatic rings. The van der Waals surface area contributed by atoms with Gasteiger partial charge in [0.25, 0.3) is 5.91 Å². The number of alkyl halides is 3. The Kier molecular flexibility index (Phi) is 6.40. The van der Waals surface area contributed by atoms with E-state index in [1.807, 2.05) is 0 Å². The maximum absolute atomic E-state index is 14.5. The third kappa shape index (κ3) is 5.17. The predicted molar refractivity (Wildman–Crippen MR) is 106 cm³/mol. The van der Waals surface area contributed by atoms with Crippen LogP contribution in [0.25, 0.3) is 6.08 Å². The van der Waals surface area contributed by atoms with E-state index in [-0.39, 0.29) is 11.3 Å². The SMILES string of the molecule is N#C/C(=C/c1ccc(N2CCCCC2)cc1F)C(=O)Nc1cccc(C(F)(F)F)c1. The maximum Gasteiger partial charge on any atom is 0.416 e. The summed E-state index contributed by atoms with van der Waals surface area (Å²) in [6, 6.07) is 10.3. The summed E-state index contributed by atoms with van der Waals surface area (Å²) < 4.78 is 53.0. The molecule has 0 saturated carbocycles. The third-order valence-corrected chi connectivity index (χ3v) is 4.82. The Hall–Kier alpha value is -3.34. The van der Waals surface area contributed by atoms with Crippen LogP contribution >= 0.6 is 0 Å². The van der Waals surface area contributed by atoms with E-state index < -0.39 is 29.0 Å². The van der Waals surface area contributed by atoms with Crippen LogP contribution in [0.1, 0.15) is 30.4 Å². The lowest BCUT2D eigenvalue weighted by molar-refractivity contribution is -0.137. The Bertz CT molecular complexity index is 1000. The number of nitrogens with one attached hydrogen (secondary N) is 1. The normalized spacial score (nSPS) is 14.9. The van der Waals surface area contributed by atoms with Gasteiger partial charge in [0.05, 0.1) is 5.56 Å².